The molecule has 1 aromatic heterocycles. The predicted molar refractivity (Wildman–Crippen MR) is 110 cm³/mol. The Morgan fingerprint density at radius 2 is 1.62 bits per heavy atom. The van der Waals surface area contributed by atoms with Gasteiger partial charge in [0, 0.05) is 22.6 Å². The highest BCUT2D eigenvalue weighted by Gasteiger charge is 2.35. The monoisotopic (exact) mass is 331 g/mol. The summed E-state index contributed by atoms with van der Waals surface area (Å²) in [6.45, 7) is 4.61. The van der Waals surface area contributed by atoms with Gasteiger partial charge in [-0.1, -0.05) is 73.9 Å². The van der Waals surface area contributed by atoms with Gasteiger partial charge in [-0.25, -0.2) is 0 Å². The van der Waals surface area contributed by atoms with Gasteiger partial charge in [0.2, 0.25) is 0 Å². The third kappa shape index (κ3) is 2.08. The van der Waals surface area contributed by atoms with Gasteiger partial charge in [-0.15, -0.1) is 0 Å². The Kier molecular flexibility index (Phi) is 3.15. The number of rotatable bonds is 1. The summed E-state index contributed by atoms with van der Waals surface area (Å²) in [7, 11) is 5.95. The molecule has 1 aliphatic rings. The van der Waals surface area contributed by atoms with Crippen LogP contribution in [0.2, 0.25) is 0 Å². The van der Waals surface area contributed by atoms with Crippen molar-refractivity contribution in [3.05, 3.63) is 84.1 Å². The van der Waals surface area contributed by atoms with E-state index in [1.54, 1.807) is 0 Å². The Labute approximate surface area is 155 Å². The summed E-state index contributed by atoms with van der Waals surface area (Å²) in [5, 5.41) is 2.26. The van der Waals surface area contributed by atoms with E-state index in [1.165, 1.54) is 22.3 Å². The van der Waals surface area contributed by atoms with Crippen LogP contribution >= 0.6 is 0 Å². The third-order valence-corrected chi connectivity index (χ3v) is 5.65. The lowest BCUT2D eigenvalue weighted by Gasteiger charge is -2.22. The van der Waals surface area contributed by atoms with Crippen molar-refractivity contribution in [2.75, 3.05) is 0 Å². The average Bonchev–Trinajstić information content (AvgIpc) is 2.88. The summed E-state index contributed by atoms with van der Waals surface area (Å²) in [4.78, 5) is 4.69. The summed E-state index contributed by atoms with van der Waals surface area (Å²) < 4.78 is 0. The highest BCUT2D eigenvalue weighted by Crippen LogP contribution is 2.49. The zero-order chi connectivity index (χ0) is 17.9. The van der Waals surface area contributed by atoms with Crippen molar-refractivity contribution < 1.29 is 0 Å². The summed E-state index contributed by atoms with van der Waals surface area (Å²) in [5.41, 5.74) is 8.38. The van der Waals surface area contributed by atoms with E-state index in [2.05, 4.69) is 67.4 Å². The molecule has 0 fully saturated rings. The van der Waals surface area contributed by atoms with E-state index in [4.69, 9.17) is 7.85 Å². The number of fused-ring (bicyclic) bond motifs is 4. The first-order chi connectivity index (χ1) is 12.6. The molecule has 3 aromatic carbocycles. The third-order valence-electron chi connectivity index (χ3n) is 5.65. The molecule has 0 aliphatic heterocycles. The van der Waals surface area contributed by atoms with Crippen molar-refractivity contribution in [1.29, 1.82) is 0 Å². The highest BCUT2D eigenvalue weighted by molar-refractivity contribution is 6.33. The summed E-state index contributed by atoms with van der Waals surface area (Å²) in [6, 6.07) is 23.5. The van der Waals surface area contributed by atoms with Crippen molar-refractivity contribution in [2.45, 2.75) is 19.3 Å². The zero-order valence-corrected chi connectivity index (χ0v) is 15.0. The summed E-state index contributed by atoms with van der Waals surface area (Å²) in [5.74, 6) is 0. The van der Waals surface area contributed by atoms with Crippen LogP contribution in [0.1, 0.15) is 25.0 Å². The van der Waals surface area contributed by atoms with E-state index in [0.717, 1.165) is 27.5 Å². The second-order valence-corrected chi connectivity index (χ2v) is 7.57. The van der Waals surface area contributed by atoms with E-state index >= 15 is 0 Å². The SMILES string of the molecule is [B]c1ccc2c(-c3ccc4c(c3)C(C)(C)c3ccccc3-4)nccc2c1. The maximum atomic E-state index is 5.95. The van der Waals surface area contributed by atoms with E-state index in [1.807, 2.05) is 24.4 Å². The Bertz CT molecular complexity index is 1170. The Morgan fingerprint density at radius 1 is 0.808 bits per heavy atom. The van der Waals surface area contributed by atoms with Gasteiger partial charge >= 0.3 is 0 Å². The largest absolute Gasteiger partial charge is 0.256 e. The number of aromatic nitrogens is 1. The van der Waals surface area contributed by atoms with Crippen LogP contribution in [0.15, 0.2) is 72.9 Å². The molecular formula is C24H18BN. The van der Waals surface area contributed by atoms with Gasteiger partial charge in [-0.3, -0.25) is 4.98 Å². The van der Waals surface area contributed by atoms with Gasteiger partial charge in [0.15, 0.2) is 0 Å². The maximum Gasteiger partial charge on any atom is 0.113 e. The molecule has 0 bridgehead atoms. The van der Waals surface area contributed by atoms with Crippen LogP contribution in [0.5, 0.6) is 0 Å². The fourth-order valence-corrected chi connectivity index (χ4v) is 4.28. The number of benzene rings is 3. The lowest BCUT2D eigenvalue weighted by molar-refractivity contribution is 0.660. The van der Waals surface area contributed by atoms with E-state index in [9.17, 15) is 0 Å². The van der Waals surface area contributed by atoms with Crippen LogP contribution in [0.3, 0.4) is 0 Å². The Morgan fingerprint density at radius 3 is 2.50 bits per heavy atom. The van der Waals surface area contributed by atoms with E-state index < -0.39 is 0 Å². The number of hydrogen-bond acceptors (Lipinski definition) is 1. The number of hydrogen-bond donors (Lipinski definition) is 0. The maximum absolute atomic E-state index is 5.95. The van der Waals surface area contributed by atoms with Crippen molar-refractivity contribution in [3.8, 4) is 22.4 Å². The van der Waals surface area contributed by atoms with Gasteiger partial charge in [0.25, 0.3) is 0 Å². The molecule has 1 heterocycles. The number of nitrogens with zero attached hydrogens (tertiary/aromatic N) is 1. The molecule has 0 saturated heterocycles. The van der Waals surface area contributed by atoms with Crippen LogP contribution in [-0.4, -0.2) is 12.8 Å². The molecule has 1 aliphatic carbocycles. The normalized spacial score (nSPS) is 14.2. The van der Waals surface area contributed by atoms with Gasteiger partial charge in [-0.2, -0.15) is 0 Å². The fourth-order valence-electron chi connectivity index (χ4n) is 4.28. The van der Waals surface area contributed by atoms with Crippen molar-refractivity contribution in [3.63, 3.8) is 0 Å². The predicted octanol–water partition coefficient (Wildman–Crippen LogP) is 5.00. The molecule has 1 nitrogen and oxygen atoms in total. The molecule has 0 unspecified atom stereocenters. The zero-order valence-electron chi connectivity index (χ0n) is 15.0. The molecule has 4 aromatic rings. The minimum Gasteiger partial charge on any atom is -0.256 e. The Hall–Kier alpha value is -2.87. The second-order valence-electron chi connectivity index (χ2n) is 7.57. The van der Waals surface area contributed by atoms with Crippen LogP contribution in [0, 0.1) is 0 Å². The van der Waals surface area contributed by atoms with Crippen LogP contribution < -0.4 is 5.46 Å². The summed E-state index contributed by atoms with van der Waals surface area (Å²) in [6.07, 6.45) is 1.87. The quantitative estimate of drug-likeness (QED) is 0.447. The van der Waals surface area contributed by atoms with Crippen LogP contribution in [0.25, 0.3) is 33.2 Å². The Balaban J connectivity index is 1.75. The molecule has 5 rings (SSSR count). The molecule has 0 spiro atoms. The van der Waals surface area contributed by atoms with Gasteiger partial charge in [-0.05, 0) is 39.8 Å². The molecule has 2 heteroatoms. The molecule has 0 atom stereocenters. The fraction of sp³-hybridized carbons (Fsp3) is 0.125. The van der Waals surface area contributed by atoms with Crippen LogP contribution in [-0.2, 0) is 5.41 Å². The minimum atomic E-state index is -0.00303. The summed E-state index contributed by atoms with van der Waals surface area (Å²) >= 11 is 0. The highest BCUT2D eigenvalue weighted by atomic mass is 14.7. The molecule has 26 heavy (non-hydrogen) atoms. The first-order valence-electron chi connectivity index (χ1n) is 8.95. The second kappa shape index (κ2) is 5.31. The number of pyridine rings is 1. The molecule has 2 radical (unpaired) electrons. The van der Waals surface area contributed by atoms with Crippen molar-refractivity contribution in [1.82, 2.24) is 4.98 Å². The first-order valence-corrected chi connectivity index (χ1v) is 8.95. The average molecular weight is 331 g/mol. The molecular weight excluding hydrogens is 313 g/mol. The standard InChI is InChI=1S/C24H18BN/c1-24(2)21-6-4-3-5-19(21)20-9-7-16(14-22(20)24)23-18-10-8-17(25)13-15(18)11-12-26-23/h3-14H,1-2H3. The van der Waals surface area contributed by atoms with Crippen molar-refractivity contribution >= 4 is 24.1 Å². The van der Waals surface area contributed by atoms with E-state index in [0.29, 0.717) is 0 Å². The molecule has 0 saturated carbocycles. The topological polar surface area (TPSA) is 12.9 Å². The molecule has 0 N–H and O–H groups in total. The lowest BCUT2D eigenvalue weighted by Crippen LogP contribution is -2.14. The van der Waals surface area contributed by atoms with Gasteiger partial charge in [0.05, 0.1) is 5.69 Å². The van der Waals surface area contributed by atoms with E-state index in [-0.39, 0.29) is 5.41 Å². The molecule has 122 valence electrons. The van der Waals surface area contributed by atoms with Gasteiger partial charge in [0.1, 0.15) is 7.85 Å². The molecule has 0 amide bonds. The van der Waals surface area contributed by atoms with Gasteiger partial charge < -0.3 is 0 Å². The smallest absolute Gasteiger partial charge is 0.113 e. The van der Waals surface area contributed by atoms with Crippen molar-refractivity contribution in [2.24, 2.45) is 0 Å². The lowest BCUT2D eigenvalue weighted by atomic mass is 9.81. The van der Waals surface area contributed by atoms with Crippen LogP contribution in [0.4, 0.5) is 0 Å². The first kappa shape index (κ1) is 15.4. The minimum absolute atomic E-state index is 0.00303.